The van der Waals surface area contributed by atoms with Crippen LogP contribution >= 0.6 is 0 Å². The highest BCUT2D eigenvalue weighted by molar-refractivity contribution is 5.93. The lowest BCUT2D eigenvalue weighted by atomic mass is 10.2. The first-order chi connectivity index (χ1) is 13.0. The molecule has 0 aliphatic carbocycles. The standard InChI is InChI=1S/C19H28N4O4/c1-3-23(12-18(25)20-11-17-5-4-10-27-17)13-19(26)22-16-8-6-15(7-9-16)21-14(2)24/h6-9,17H,3-5,10-13H2,1-2H3,(H,20,25)(H,21,24)(H,22,26)/t17-/m1/s1. The van der Waals surface area contributed by atoms with Gasteiger partial charge in [-0.3, -0.25) is 19.3 Å². The van der Waals surface area contributed by atoms with E-state index in [4.69, 9.17) is 4.74 Å². The summed E-state index contributed by atoms with van der Waals surface area (Å²) in [6.07, 6.45) is 2.11. The molecule has 1 aromatic carbocycles. The second-order valence-electron chi connectivity index (χ2n) is 6.55. The number of benzene rings is 1. The Kier molecular flexibility index (Phi) is 8.22. The van der Waals surface area contributed by atoms with Crippen molar-refractivity contribution in [2.75, 3.05) is 43.4 Å². The van der Waals surface area contributed by atoms with Crippen LogP contribution in [0.1, 0.15) is 26.7 Å². The number of carbonyl (C=O) groups is 3. The molecule has 1 aromatic rings. The highest BCUT2D eigenvalue weighted by Crippen LogP contribution is 2.13. The van der Waals surface area contributed by atoms with Crippen LogP contribution in [0.2, 0.25) is 0 Å². The fourth-order valence-corrected chi connectivity index (χ4v) is 2.82. The van der Waals surface area contributed by atoms with E-state index >= 15 is 0 Å². The third-order valence-electron chi connectivity index (χ3n) is 4.22. The van der Waals surface area contributed by atoms with Gasteiger partial charge < -0.3 is 20.7 Å². The first-order valence-corrected chi connectivity index (χ1v) is 9.24. The Morgan fingerprint density at radius 2 is 1.70 bits per heavy atom. The maximum Gasteiger partial charge on any atom is 0.238 e. The van der Waals surface area contributed by atoms with E-state index in [0.29, 0.717) is 24.5 Å². The minimum absolute atomic E-state index is 0.104. The van der Waals surface area contributed by atoms with Gasteiger partial charge in [-0.1, -0.05) is 6.92 Å². The number of likely N-dealkylation sites (N-methyl/N-ethyl adjacent to an activating group) is 1. The molecule has 3 amide bonds. The summed E-state index contributed by atoms with van der Waals surface area (Å²) in [4.78, 5) is 37.1. The quantitative estimate of drug-likeness (QED) is 0.601. The van der Waals surface area contributed by atoms with Crippen molar-refractivity contribution in [3.63, 3.8) is 0 Å². The summed E-state index contributed by atoms with van der Waals surface area (Å²) in [6, 6.07) is 6.86. The predicted octanol–water partition coefficient (Wildman–Crippen LogP) is 1.20. The van der Waals surface area contributed by atoms with Gasteiger partial charge in [-0.2, -0.15) is 0 Å². The van der Waals surface area contributed by atoms with Crippen molar-refractivity contribution < 1.29 is 19.1 Å². The molecule has 148 valence electrons. The van der Waals surface area contributed by atoms with Crippen molar-refractivity contribution in [2.45, 2.75) is 32.8 Å². The van der Waals surface area contributed by atoms with Gasteiger partial charge in [0, 0.05) is 31.5 Å². The summed E-state index contributed by atoms with van der Waals surface area (Å²) in [7, 11) is 0. The first-order valence-electron chi connectivity index (χ1n) is 9.24. The molecule has 0 radical (unpaired) electrons. The predicted molar refractivity (Wildman–Crippen MR) is 103 cm³/mol. The Balaban J connectivity index is 1.74. The van der Waals surface area contributed by atoms with Crippen LogP contribution in [0.3, 0.4) is 0 Å². The lowest BCUT2D eigenvalue weighted by Crippen LogP contribution is -2.42. The van der Waals surface area contributed by atoms with Crippen LogP contribution in [0.4, 0.5) is 11.4 Å². The Morgan fingerprint density at radius 3 is 2.26 bits per heavy atom. The van der Waals surface area contributed by atoms with Crippen LogP contribution in [0.5, 0.6) is 0 Å². The molecule has 2 rings (SSSR count). The molecular weight excluding hydrogens is 348 g/mol. The summed E-state index contributed by atoms with van der Waals surface area (Å²) in [6.45, 7) is 5.49. The number of anilines is 2. The molecule has 1 heterocycles. The molecule has 1 saturated heterocycles. The van der Waals surface area contributed by atoms with Crippen LogP contribution in [-0.4, -0.2) is 61.5 Å². The van der Waals surface area contributed by atoms with E-state index in [1.54, 1.807) is 29.2 Å². The number of nitrogens with one attached hydrogen (secondary N) is 3. The van der Waals surface area contributed by atoms with Crippen molar-refractivity contribution in [2.24, 2.45) is 0 Å². The molecule has 0 spiro atoms. The van der Waals surface area contributed by atoms with E-state index in [1.165, 1.54) is 6.92 Å². The third-order valence-corrected chi connectivity index (χ3v) is 4.22. The maximum atomic E-state index is 12.2. The largest absolute Gasteiger partial charge is 0.376 e. The number of ether oxygens (including phenoxy) is 1. The molecule has 0 bridgehead atoms. The van der Waals surface area contributed by atoms with Gasteiger partial charge in [-0.15, -0.1) is 0 Å². The molecule has 1 atom stereocenters. The van der Waals surface area contributed by atoms with Crippen LogP contribution in [0.25, 0.3) is 0 Å². The van der Waals surface area contributed by atoms with Crippen molar-refractivity contribution in [1.82, 2.24) is 10.2 Å². The molecule has 1 fully saturated rings. The average molecular weight is 376 g/mol. The zero-order chi connectivity index (χ0) is 19.6. The zero-order valence-corrected chi connectivity index (χ0v) is 15.9. The second-order valence-corrected chi connectivity index (χ2v) is 6.55. The highest BCUT2D eigenvalue weighted by atomic mass is 16.5. The number of carbonyl (C=O) groups excluding carboxylic acids is 3. The number of rotatable bonds is 9. The van der Waals surface area contributed by atoms with Crippen molar-refractivity contribution >= 4 is 29.1 Å². The van der Waals surface area contributed by atoms with Gasteiger partial charge >= 0.3 is 0 Å². The van der Waals surface area contributed by atoms with E-state index in [-0.39, 0.29) is 36.9 Å². The first kappa shape index (κ1) is 20.9. The highest BCUT2D eigenvalue weighted by Gasteiger charge is 2.18. The van der Waals surface area contributed by atoms with E-state index in [2.05, 4.69) is 16.0 Å². The van der Waals surface area contributed by atoms with Crippen LogP contribution in [0, 0.1) is 0 Å². The van der Waals surface area contributed by atoms with E-state index < -0.39 is 0 Å². The number of nitrogens with zero attached hydrogens (tertiary/aromatic N) is 1. The topological polar surface area (TPSA) is 99.8 Å². The fraction of sp³-hybridized carbons (Fsp3) is 0.526. The minimum atomic E-state index is -0.198. The average Bonchev–Trinajstić information content (AvgIpc) is 3.14. The van der Waals surface area contributed by atoms with E-state index in [9.17, 15) is 14.4 Å². The molecule has 27 heavy (non-hydrogen) atoms. The molecule has 8 nitrogen and oxygen atoms in total. The Bertz CT molecular complexity index is 642. The summed E-state index contributed by atoms with van der Waals surface area (Å²) in [5.74, 6) is -0.459. The normalized spacial score (nSPS) is 16.2. The molecule has 0 unspecified atom stereocenters. The van der Waals surface area contributed by atoms with E-state index in [1.807, 2.05) is 6.92 Å². The summed E-state index contributed by atoms with van der Waals surface area (Å²) in [5, 5.41) is 8.32. The number of amides is 3. The molecule has 3 N–H and O–H groups in total. The molecule has 0 saturated carbocycles. The SMILES string of the molecule is CCN(CC(=O)NC[C@H]1CCCO1)CC(=O)Nc1ccc(NC(C)=O)cc1. The lowest BCUT2D eigenvalue weighted by molar-refractivity contribution is -0.123. The Morgan fingerprint density at radius 1 is 1.07 bits per heavy atom. The number of hydrogen-bond acceptors (Lipinski definition) is 5. The van der Waals surface area contributed by atoms with Crippen LogP contribution in [-0.2, 0) is 19.1 Å². The molecular formula is C19H28N4O4. The molecule has 1 aliphatic heterocycles. The van der Waals surface area contributed by atoms with Gasteiger partial charge in [-0.25, -0.2) is 0 Å². The summed E-state index contributed by atoms with van der Waals surface area (Å²) < 4.78 is 5.48. The van der Waals surface area contributed by atoms with E-state index in [0.717, 1.165) is 19.4 Å². The van der Waals surface area contributed by atoms with Crippen molar-refractivity contribution in [3.05, 3.63) is 24.3 Å². The van der Waals surface area contributed by atoms with Crippen LogP contribution in [0.15, 0.2) is 24.3 Å². The van der Waals surface area contributed by atoms with Crippen LogP contribution < -0.4 is 16.0 Å². The van der Waals surface area contributed by atoms with Gasteiger partial charge in [0.05, 0.1) is 19.2 Å². The zero-order valence-electron chi connectivity index (χ0n) is 15.9. The summed E-state index contributed by atoms with van der Waals surface area (Å²) >= 11 is 0. The monoisotopic (exact) mass is 376 g/mol. The number of hydrogen-bond donors (Lipinski definition) is 3. The smallest absolute Gasteiger partial charge is 0.238 e. The second kappa shape index (κ2) is 10.6. The summed E-state index contributed by atoms with van der Waals surface area (Å²) in [5.41, 5.74) is 1.30. The minimum Gasteiger partial charge on any atom is -0.376 e. The van der Waals surface area contributed by atoms with Gasteiger partial charge in [0.25, 0.3) is 0 Å². The van der Waals surface area contributed by atoms with Gasteiger partial charge in [0.1, 0.15) is 0 Å². The third kappa shape index (κ3) is 7.76. The fourth-order valence-electron chi connectivity index (χ4n) is 2.82. The van der Waals surface area contributed by atoms with Gasteiger partial charge in [0.2, 0.25) is 17.7 Å². The van der Waals surface area contributed by atoms with Gasteiger partial charge in [0.15, 0.2) is 0 Å². The Hall–Kier alpha value is -2.45. The molecule has 0 aromatic heterocycles. The van der Waals surface area contributed by atoms with Crippen molar-refractivity contribution in [1.29, 1.82) is 0 Å². The maximum absolute atomic E-state index is 12.2. The lowest BCUT2D eigenvalue weighted by Gasteiger charge is -2.20. The molecule has 1 aliphatic rings. The van der Waals surface area contributed by atoms with Crippen molar-refractivity contribution in [3.8, 4) is 0 Å². The van der Waals surface area contributed by atoms with Gasteiger partial charge in [-0.05, 0) is 43.7 Å². The Labute approximate surface area is 159 Å². The molecule has 8 heteroatoms.